The van der Waals surface area contributed by atoms with Crippen molar-refractivity contribution >= 4 is 11.3 Å². The molecule has 18 heavy (non-hydrogen) atoms. The molecule has 1 aromatic carbocycles. The maximum Gasteiger partial charge on any atom is 0.115 e. The van der Waals surface area contributed by atoms with Crippen molar-refractivity contribution in [2.75, 3.05) is 6.54 Å². The topological polar surface area (TPSA) is 32.3 Å². The summed E-state index contributed by atoms with van der Waals surface area (Å²) in [6, 6.07) is 9.67. The van der Waals surface area contributed by atoms with Gasteiger partial charge >= 0.3 is 0 Å². The normalized spacial score (nSPS) is 10.8. The van der Waals surface area contributed by atoms with E-state index in [2.05, 4.69) is 25.2 Å². The minimum absolute atomic E-state index is 0.330. The maximum absolute atomic E-state index is 9.20. The lowest BCUT2D eigenvalue weighted by molar-refractivity contribution is 0.475. The summed E-state index contributed by atoms with van der Waals surface area (Å²) in [6.45, 7) is 6.22. The fourth-order valence-corrected chi connectivity index (χ4v) is 2.92. The Morgan fingerprint density at radius 2 is 1.89 bits per heavy atom. The molecule has 2 rings (SSSR count). The molecule has 0 atom stereocenters. The Morgan fingerprint density at radius 3 is 2.50 bits per heavy atom. The van der Waals surface area contributed by atoms with E-state index in [1.54, 1.807) is 12.1 Å². The van der Waals surface area contributed by atoms with Crippen molar-refractivity contribution in [3.63, 3.8) is 0 Å². The molecule has 1 heterocycles. The monoisotopic (exact) mass is 261 g/mol. The molecule has 0 spiro atoms. The highest BCUT2D eigenvalue weighted by atomic mass is 32.1. The first-order valence-corrected chi connectivity index (χ1v) is 7.01. The van der Waals surface area contributed by atoms with Crippen LogP contribution in [0.3, 0.4) is 0 Å². The number of hydrogen-bond acceptors (Lipinski definition) is 3. The number of phenols is 1. The zero-order chi connectivity index (χ0) is 13.0. The predicted molar refractivity (Wildman–Crippen MR) is 77.3 cm³/mol. The standard InChI is InChI=1S/C15H19NOS/c1-11-9-14(12(2)18-11)10-16-8-7-13-3-5-15(17)6-4-13/h3-6,9,16-17H,7-8,10H2,1-2H3. The number of nitrogens with one attached hydrogen (secondary N) is 1. The van der Waals surface area contributed by atoms with Gasteiger partial charge in [-0.2, -0.15) is 0 Å². The van der Waals surface area contributed by atoms with Gasteiger partial charge in [-0.05, 0) is 56.1 Å². The van der Waals surface area contributed by atoms with Gasteiger partial charge in [-0.1, -0.05) is 12.1 Å². The molecule has 2 N–H and O–H groups in total. The summed E-state index contributed by atoms with van der Waals surface area (Å²) < 4.78 is 0. The first kappa shape index (κ1) is 13.1. The minimum Gasteiger partial charge on any atom is -0.508 e. The third kappa shape index (κ3) is 3.59. The highest BCUT2D eigenvalue weighted by Crippen LogP contribution is 2.20. The molecule has 0 aliphatic heterocycles. The third-order valence-electron chi connectivity index (χ3n) is 2.99. The van der Waals surface area contributed by atoms with E-state index in [0.717, 1.165) is 19.5 Å². The van der Waals surface area contributed by atoms with Gasteiger partial charge in [-0.3, -0.25) is 0 Å². The Kier molecular flexibility index (Phi) is 4.39. The Bertz CT molecular complexity index is 502. The molecule has 0 bridgehead atoms. The van der Waals surface area contributed by atoms with Crippen LogP contribution < -0.4 is 5.32 Å². The van der Waals surface area contributed by atoms with Gasteiger partial charge in [0, 0.05) is 16.3 Å². The fourth-order valence-electron chi connectivity index (χ4n) is 1.98. The Balaban J connectivity index is 1.76. The van der Waals surface area contributed by atoms with Crippen LogP contribution in [0.1, 0.15) is 20.9 Å². The molecular formula is C15H19NOS. The molecule has 0 aliphatic rings. The molecule has 96 valence electrons. The average Bonchev–Trinajstić information content (AvgIpc) is 2.66. The van der Waals surface area contributed by atoms with E-state index in [9.17, 15) is 5.11 Å². The van der Waals surface area contributed by atoms with E-state index < -0.39 is 0 Å². The van der Waals surface area contributed by atoms with E-state index in [1.165, 1.54) is 20.9 Å². The van der Waals surface area contributed by atoms with Crippen molar-refractivity contribution in [1.29, 1.82) is 0 Å². The van der Waals surface area contributed by atoms with Crippen molar-refractivity contribution in [3.05, 3.63) is 51.2 Å². The summed E-state index contributed by atoms with van der Waals surface area (Å²) in [6.07, 6.45) is 0.989. The highest BCUT2D eigenvalue weighted by molar-refractivity contribution is 7.12. The van der Waals surface area contributed by atoms with Crippen LogP contribution in [0, 0.1) is 13.8 Å². The Labute approximate surface area is 112 Å². The van der Waals surface area contributed by atoms with Crippen LogP contribution in [-0.4, -0.2) is 11.7 Å². The molecule has 2 aromatic rings. The first-order valence-electron chi connectivity index (χ1n) is 6.19. The SMILES string of the molecule is Cc1cc(CNCCc2ccc(O)cc2)c(C)s1. The Morgan fingerprint density at radius 1 is 1.17 bits per heavy atom. The lowest BCUT2D eigenvalue weighted by atomic mass is 10.1. The number of aryl methyl sites for hydroxylation is 2. The maximum atomic E-state index is 9.20. The minimum atomic E-state index is 0.330. The van der Waals surface area contributed by atoms with Crippen molar-refractivity contribution in [3.8, 4) is 5.75 Å². The summed E-state index contributed by atoms with van der Waals surface area (Å²) in [5, 5.41) is 12.7. The quantitative estimate of drug-likeness (QED) is 0.808. The largest absolute Gasteiger partial charge is 0.508 e. The smallest absolute Gasteiger partial charge is 0.115 e. The molecule has 1 aromatic heterocycles. The number of hydrogen-bond donors (Lipinski definition) is 2. The summed E-state index contributed by atoms with van der Waals surface area (Å²) >= 11 is 1.86. The van der Waals surface area contributed by atoms with E-state index in [0.29, 0.717) is 5.75 Å². The van der Waals surface area contributed by atoms with Crippen LogP contribution in [0.15, 0.2) is 30.3 Å². The van der Waals surface area contributed by atoms with Gasteiger partial charge in [-0.25, -0.2) is 0 Å². The number of thiophene rings is 1. The van der Waals surface area contributed by atoms with Gasteiger partial charge in [0.25, 0.3) is 0 Å². The van der Waals surface area contributed by atoms with Crippen molar-refractivity contribution in [2.24, 2.45) is 0 Å². The van der Waals surface area contributed by atoms with E-state index in [1.807, 2.05) is 23.5 Å². The first-order chi connectivity index (χ1) is 8.65. The van der Waals surface area contributed by atoms with Crippen LogP contribution in [0.4, 0.5) is 0 Å². The summed E-state index contributed by atoms with van der Waals surface area (Å²) in [4.78, 5) is 2.78. The van der Waals surface area contributed by atoms with Gasteiger partial charge in [0.15, 0.2) is 0 Å². The molecule has 0 radical (unpaired) electrons. The van der Waals surface area contributed by atoms with Gasteiger partial charge in [0.2, 0.25) is 0 Å². The van der Waals surface area contributed by atoms with Crippen LogP contribution in [0.25, 0.3) is 0 Å². The molecular weight excluding hydrogens is 242 g/mol. The molecule has 0 aliphatic carbocycles. The summed E-state index contributed by atoms with van der Waals surface area (Å²) in [7, 11) is 0. The summed E-state index contributed by atoms with van der Waals surface area (Å²) in [5.74, 6) is 0.330. The number of benzene rings is 1. The second-order valence-corrected chi connectivity index (χ2v) is 5.99. The van der Waals surface area contributed by atoms with Crippen molar-refractivity contribution < 1.29 is 5.11 Å². The third-order valence-corrected chi connectivity index (χ3v) is 3.99. The molecule has 0 unspecified atom stereocenters. The van der Waals surface area contributed by atoms with Crippen LogP contribution in [0.2, 0.25) is 0 Å². The zero-order valence-electron chi connectivity index (χ0n) is 10.9. The number of aromatic hydroxyl groups is 1. The van der Waals surface area contributed by atoms with Crippen LogP contribution >= 0.6 is 11.3 Å². The molecule has 2 nitrogen and oxygen atoms in total. The second kappa shape index (κ2) is 6.03. The molecule has 0 fully saturated rings. The lowest BCUT2D eigenvalue weighted by Gasteiger charge is -2.05. The number of phenolic OH excluding ortho intramolecular Hbond substituents is 1. The lowest BCUT2D eigenvalue weighted by Crippen LogP contribution is -2.16. The second-order valence-electron chi connectivity index (χ2n) is 4.53. The van der Waals surface area contributed by atoms with Crippen LogP contribution in [0.5, 0.6) is 5.75 Å². The van der Waals surface area contributed by atoms with E-state index in [4.69, 9.17) is 0 Å². The molecule has 0 saturated heterocycles. The summed E-state index contributed by atoms with van der Waals surface area (Å²) in [5.41, 5.74) is 2.65. The van der Waals surface area contributed by atoms with Crippen LogP contribution in [-0.2, 0) is 13.0 Å². The highest BCUT2D eigenvalue weighted by Gasteiger charge is 2.01. The van der Waals surface area contributed by atoms with E-state index >= 15 is 0 Å². The van der Waals surface area contributed by atoms with Gasteiger partial charge < -0.3 is 10.4 Å². The molecule has 3 heteroatoms. The van der Waals surface area contributed by atoms with Crippen molar-refractivity contribution in [1.82, 2.24) is 5.32 Å². The van der Waals surface area contributed by atoms with Gasteiger partial charge in [-0.15, -0.1) is 11.3 Å². The average molecular weight is 261 g/mol. The van der Waals surface area contributed by atoms with Crippen molar-refractivity contribution in [2.45, 2.75) is 26.8 Å². The molecule has 0 saturated carbocycles. The fraction of sp³-hybridized carbons (Fsp3) is 0.333. The number of rotatable bonds is 5. The zero-order valence-corrected chi connectivity index (χ0v) is 11.7. The van der Waals surface area contributed by atoms with Gasteiger partial charge in [0.1, 0.15) is 5.75 Å². The Hall–Kier alpha value is -1.32. The molecule has 0 amide bonds. The van der Waals surface area contributed by atoms with Gasteiger partial charge in [0.05, 0.1) is 0 Å². The predicted octanol–water partition coefficient (Wildman–Crippen LogP) is 3.40. The van der Waals surface area contributed by atoms with E-state index in [-0.39, 0.29) is 0 Å².